The lowest BCUT2D eigenvalue weighted by atomic mass is 9.98. The molecule has 312 valence electrons. The van der Waals surface area contributed by atoms with Gasteiger partial charge < -0.3 is 10.2 Å². The van der Waals surface area contributed by atoms with Crippen LogP contribution in [0, 0.1) is 0 Å². The van der Waals surface area contributed by atoms with Crippen molar-refractivity contribution in [1.82, 2.24) is 0 Å². The first kappa shape index (κ1) is 53.3. The maximum atomic E-state index is 12.7. The molecule has 0 saturated carbocycles. The summed E-state index contributed by atoms with van der Waals surface area (Å²) >= 11 is 0. The minimum atomic E-state index is -8.25. The van der Waals surface area contributed by atoms with Crippen LogP contribution in [-0.4, -0.2) is 120 Å². The van der Waals surface area contributed by atoms with Crippen LogP contribution in [-0.2, 0) is 20.2 Å². The van der Waals surface area contributed by atoms with E-state index in [0.29, 0.717) is 6.42 Å². The summed E-state index contributed by atoms with van der Waals surface area (Å²) in [6.07, 6.45) is -14.7. The molecule has 0 amide bonds. The van der Waals surface area contributed by atoms with Crippen LogP contribution in [0.1, 0.15) is 6.42 Å². The predicted octanol–water partition coefficient (Wildman–Crippen LogP) is 6.50. The fourth-order valence-electron chi connectivity index (χ4n) is 1.90. The highest BCUT2D eigenvalue weighted by molar-refractivity contribution is 7.87. The first-order chi connectivity index (χ1) is 21.4. The quantitative estimate of drug-likeness (QED) is 0.128. The van der Waals surface area contributed by atoms with E-state index in [1.807, 2.05) is 0 Å². The third-order valence-electron chi connectivity index (χ3n) is 4.77. The van der Waals surface area contributed by atoms with E-state index in [1.54, 1.807) is 0 Å². The SMILES string of the molecule is O=S(=O)(O)C(F)(F)C(F)(F)C(F)(F)C(F)(F)C(F)(F)C(F)(F)F.O=S(=O)(O)C(F)(F)C(F)(F)C(F)(F)C(F)(F)C(F)(F)C(F)(F)F.OCCCO. The fraction of sp³-hybridized carbons (Fsp3) is 1.00. The van der Waals surface area contributed by atoms with Crippen LogP contribution < -0.4 is 0 Å². The Morgan fingerprint density at radius 2 is 0.471 bits per heavy atom. The average molecular weight is 876 g/mol. The molecule has 36 heteroatoms. The maximum absolute atomic E-state index is 12.7. The van der Waals surface area contributed by atoms with Crippen LogP contribution in [0.4, 0.5) is 114 Å². The van der Waals surface area contributed by atoms with E-state index in [0.717, 1.165) is 0 Å². The molecule has 0 spiro atoms. The smallest absolute Gasteiger partial charge is 0.396 e. The molecule has 0 fully saturated rings. The van der Waals surface area contributed by atoms with Crippen LogP contribution in [0.25, 0.3) is 0 Å². The number of halogens is 26. The number of aliphatic hydroxyl groups excluding tert-OH is 2. The number of hydrogen-bond donors (Lipinski definition) is 4. The normalized spacial score (nSPS) is 15.8. The van der Waals surface area contributed by atoms with Crippen molar-refractivity contribution in [3.05, 3.63) is 0 Å². The van der Waals surface area contributed by atoms with Gasteiger partial charge in [0, 0.05) is 13.2 Å². The summed E-state index contributed by atoms with van der Waals surface area (Å²) in [6.45, 7) is 0.188. The topological polar surface area (TPSA) is 149 Å². The summed E-state index contributed by atoms with van der Waals surface area (Å²) in [5, 5.41) is 0.774. The third-order valence-corrected chi connectivity index (χ3v) is 6.58. The summed E-state index contributed by atoms with van der Waals surface area (Å²) in [4.78, 5) is 0. The Morgan fingerprint density at radius 1 is 0.314 bits per heavy atom. The molecular weight excluding hydrogens is 866 g/mol. The van der Waals surface area contributed by atoms with Crippen LogP contribution in [0.3, 0.4) is 0 Å². The molecule has 51 heavy (non-hydrogen) atoms. The molecule has 0 aromatic rings. The van der Waals surface area contributed by atoms with Gasteiger partial charge in [-0.05, 0) is 6.42 Å². The van der Waals surface area contributed by atoms with E-state index < -0.39 is 90.5 Å². The predicted molar refractivity (Wildman–Crippen MR) is 103 cm³/mol. The van der Waals surface area contributed by atoms with E-state index in [4.69, 9.17) is 19.3 Å². The standard InChI is InChI=1S/2C6HF13O3S.C3H8O2/c2*7-1(8,3(11,12)5(15,16)17)2(9,10)4(13,14)6(18,19)23(20,21)22;4-2-1-3-5/h2*(H,20,21,22);4-5H,1-3H2. The van der Waals surface area contributed by atoms with E-state index in [2.05, 4.69) is 0 Å². The fourth-order valence-corrected chi connectivity index (χ4v) is 2.81. The van der Waals surface area contributed by atoms with E-state index in [1.165, 1.54) is 0 Å². The molecule has 0 bridgehead atoms. The summed E-state index contributed by atoms with van der Waals surface area (Å²) in [5.41, 5.74) is 0. The van der Waals surface area contributed by atoms with Gasteiger partial charge in [-0.3, -0.25) is 9.11 Å². The van der Waals surface area contributed by atoms with Gasteiger partial charge in [-0.15, -0.1) is 0 Å². The van der Waals surface area contributed by atoms with Gasteiger partial charge >= 0.3 is 90.5 Å². The first-order valence-corrected chi connectivity index (χ1v) is 13.4. The van der Waals surface area contributed by atoms with Gasteiger partial charge in [0.2, 0.25) is 0 Å². The second-order valence-corrected chi connectivity index (χ2v) is 11.3. The van der Waals surface area contributed by atoms with Crippen molar-refractivity contribution in [2.75, 3.05) is 13.2 Å². The van der Waals surface area contributed by atoms with Crippen molar-refractivity contribution in [3.63, 3.8) is 0 Å². The van der Waals surface area contributed by atoms with Crippen LogP contribution in [0.5, 0.6) is 0 Å². The summed E-state index contributed by atoms with van der Waals surface area (Å²) < 4.78 is 375. The summed E-state index contributed by atoms with van der Waals surface area (Å²) in [6, 6.07) is 0. The highest BCUT2D eigenvalue weighted by Gasteiger charge is 2.94. The Balaban J connectivity index is -0.000000796. The molecule has 0 aliphatic rings. The molecule has 0 saturated heterocycles. The molecule has 8 nitrogen and oxygen atoms in total. The summed E-state index contributed by atoms with van der Waals surface area (Å²) in [5.74, 6) is -64.9. The number of aliphatic hydroxyl groups is 2. The zero-order valence-corrected chi connectivity index (χ0v) is 23.8. The van der Waals surface area contributed by atoms with E-state index in [-0.39, 0.29) is 13.2 Å². The Bertz CT molecular complexity index is 1280. The lowest BCUT2D eigenvalue weighted by molar-refractivity contribution is -0.433. The third kappa shape index (κ3) is 8.68. The Kier molecular flexibility index (Phi) is 15.3. The molecule has 0 radical (unpaired) electrons. The van der Waals surface area contributed by atoms with Crippen molar-refractivity contribution in [3.8, 4) is 0 Å². The average Bonchev–Trinajstić information content (AvgIpc) is 2.86. The van der Waals surface area contributed by atoms with Crippen LogP contribution >= 0.6 is 0 Å². The minimum Gasteiger partial charge on any atom is -0.396 e. The van der Waals surface area contributed by atoms with Crippen LogP contribution in [0.2, 0.25) is 0 Å². The molecule has 4 N–H and O–H groups in total. The molecule has 0 aliphatic carbocycles. The van der Waals surface area contributed by atoms with Crippen molar-refractivity contribution < 1.29 is 150 Å². The summed E-state index contributed by atoms with van der Waals surface area (Å²) in [7, 11) is -15.2. The maximum Gasteiger partial charge on any atom is 0.460 e. The highest BCUT2D eigenvalue weighted by atomic mass is 32.2. The Morgan fingerprint density at radius 3 is 0.569 bits per heavy atom. The molecule has 0 unspecified atom stereocenters. The molecule has 0 atom stereocenters. The van der Waals surface area contributed by atoms with Crippen molar-refractivity contribution >= 4 is 20.2 Å². The van der Waals surface area contributed by atoms with Gasteiger partial charge in [0.15, 0.2) is 0 Å². The highest BCUT2D eigenvalue weighted by Crippen LogP contribution is 2.62. The molecule has 0 heterocycles. The van der Waals surface area contributed by atoms with Gasteiger partial charge in [-0.25, -0.2) is 0 Å². The van der Waals surface area contributed by atoms with E-state index >= 15 is 0 Å². The van der Waals surface area contributed by atoms with Crippen molar-refractivity contribution in [1.29, 1.82) is 0 Å². The zero-order chi connectivity index (χ0) is 43.1. The van der Waals surface area contributed by atoms with E-state index in [9.17, 15) is 131 Å². The minimum absolute atomic E-state index is 0.0938. The second kappa shape index (κ2) is 14.6. The number of hydrogen-bond acceptors (Lipinski definition) is 6. The largest absolute Gasteiger partial charge is 0.460 e. The van der Waals surface area contributed by atoms with Gasteiger partial charge in [-0.1, -0.05) is 0 Å². The monoisotopic (exact) mass is 876 g/mol. The van der Waals surface area contributed by atoms with Gasteiger partial charge in [-0.2, -0.15) is 131 Å². The van der Waals surface area contributed by atoms with Crippen LogP contribution in [0.15, 0.2) is 0 Å². The Labute approximate surface area is 261 Å². The number of alkyl halides is 26. The first-order valence-electron chi connectivity index (χ1n) is 10.5. The van der Waals surface area contributed by atoms with Crippen molar-refractivity contribution in [2.45, 2.75) is 76.7 Å². The lowest BCUT2D eigenvalue weighted by Crippen LogP contribution is -2.71. The van der Waals surface area contributed by atoms with Gasteiger partial charge in [0.05, 0.1) is 0 Å². The zero-order valence-electron chi connectivity index (χ0n) is 22.2. The van der Waals surface area contributed by atoms with Crippen molar-refractivity contribution in [2.24, 2.45) is 0 Å². The molecule has 0 aromatic heterocycles. The van der Waals surface area contributed by atoms with Gasteiger partial charge in [0.1, 0.15) is 0 Å². The molecule has 0 aromatic carbocycles. The molecule has 0 rings (SSSR count). The van der Waals surface area contributed by atoms with Gasteiger partial charge in [0.25, 0.3) is 0 Å². The molecular formula is C15H10F26O8S2. The number of rotatable bonds is 12. The lowest BCUT2D eigenvalue weighted by Gasteiger charge is -2.38. The second-order valence-electron chi connectivity index (χ2n) is 8.38. The Hall–Kier alpha value is -2.08. The molecule has 0 aliphatic heterocycles.